The summed E-state index contributed by atoms with van der Waals surface area (Å²) in [5, 5.41) is 8.98. The number of halogens is 1. The van der Waals surface area contributed by atoms with Crippen LogP contribution in [0.2, 0.25) is 0 Å². The van der Waals surface area contributed by atoms with Crippen molar-refractivity contribution < 1.29 is 14.4 Å². The van der Waals surface area contributed by atoms with E-state index >= 15 is 0 Å². The van der Waals surface area contributed by atoms with Crippen LogP contribution < -0.4 is 16.0 Å². The van der Waals surface area contributed by atoms with Crippen LogP contribution in [0, 0.1) is 0 Å². The zero-order valence-electron chi connectivity index (χ0n) is 14.4. The predicted molar refractivity (Wildman–Crippen MR) is 98.0 cm³/mol. The standard InChI is InChI=1S/C18H22N4O3.ClH/c23-15(20-13-5-3-9-19-10-13)11-22-16(24)18(21-17(22)25)8-7-12-4-1-2-6-14(12)18;/h1-2,4,6,13,19H,3,5,7-11H2,(H,20,23)(H,21,25);1H/t13-,18?;/m0./s1. The number of benzene rings is 1. The van der Waals surface area contributed by atoms with Gasteiger partial charge in [-0.15, -0.1) is 12.4 Å². The summed E-state index contributed by atoms with van der Waals surface area (Å²) in [5.41, 5.74) is 0.934. The molecule has 0 saturated carbocycles. The summed E-state index contributed by atoms with van der Waals surface area (Å²) in [6.45, 7) is 1.45. The summed E-state index contributed by atoms with van der Waals surface area (Å²) in [6, 6.07) is 7.24. The van der Waals surface area contributed by atoms with Gasteiger partial charge in [0.1, 0.15) is 12.1 Å². The first-order chi connectivity index (χ1) is 12.1. The Morgan fingerprint density at radius 3 is 2.88 bits per heavy atom. The Hall–Kier alpha value is -2.12. The van der Waals surface area contributed by atoms with Crippen LogP contribution in [0.5, 0.6) is 0 Å². The number of urea groups is 1. The fourth-order valence-electron chi connectivity index (χ4n) is 4.13. The highest BCUT2D eigenvalue weighted by molar-refractivity contribution is 6.09. The molecule has 7 nitrogen and oxygen atoms in total. The molecule has 4 amide bonds. The van der Waals surface area contributed by atoms with Crippen molar-refractivity contribution in [2.24, 2.45) is 0 Å². The topological polar surface area (TPSA) is 90.5 Å². The van der Waals surface area contributed by atoms with Gasteiger partial charge >= 0.3 is 6.03 Å². The normalized spacial score (nSPS) is 27.1. The van der Waals surface area contributed by atoms with Crippen molar-refractivity contribution in [1.29, 1.82) is 0 Å². The lowest BCUT2D eigenvalue weighted by atomic mass is 9.92. The molecule has 2 heterocycles. The average Bonchev–Trinajstić information content (AvgIpc) is 3.10. The molecule has 26 heavy (non-hydrogen) atoms. The van der Waals surface area contributed by atoms with Crippen LogP contribution in [0.1, 0.15) is 30.4 Å². The molecule has 1 aromatic rings. The van der Waals surface area contributed by atoms with Gasteiger partial charge in [0.2, 0.25) is 5.91 Å². The number of fused-ring (bicyclic) bond motifs is 2. The van der Waals surface area contributed by atoms with Crippen LogP contribution in [-0.4, -0.2) is 48.4 Å². The molecule has 3 aliphatic rings. The van der Waals surface area contributed by atoms with E-state index < -0.39 is 11.6 Å². The van der Waals surface area contributed by atoms with Crippen LogP contribution in [-0.2, 0) is 21.5 Å². The number of imide groups is 1. The van der Waals surface area contributed by atoms with Crippen molar-refractivity contribution in [1.82, 2.24) is 20.9 Å². The molecule has 0 aromatic heterocycles. The second kappa shape index (κ2) is 7.25. The summed E-state index contributed by atoms with van der Waals surface area (Å²) in [7, 11) is 0. The minimum Gasteiger partial charge on any atom is -0.351 e. The zero-order valence-corrected chi connectivity index (χ0v) is 15.2. The zero-order chi connectivity index (χ0) is 17.4. The van der Waals surface area contributed by atoms with E-state index in [-0.39, 0.29) is 36.8 Å². The lowest BCUT2D eigenvalue weighted by Crippen LogP contribution is -2.49. The molecular weight excluding hydrogens is 356 g/mol. The van der Waals surface area contributed by atoms with Crippen LogP contribution >= 0.6 is 12.4 Å². The molecular formula is C18H23ClN4O3. The third-order valence-electron chi connectivity index (χ3n) is 5.39. The van der Waals surface area contributed by atoms with Gasteiger partial charge in [-0.1, -0.05) is 24.3 Å². The molecule has 4 rings (SSSR count). The maximum absolute atomic E-state index is 13.0. The second-order valence-electron chi connectivity index (χ2n) is 6.99. The van der Waals surface area contributed by atoms with E-state index in [1.54, 1.807) is 0 Å². The molecule has 1 aromatic carbocycles. The first kappa shape index (κ1) is 18.7. The van der Waals surface area contributed by atoms with Crippen LogP contribution in [0.25, 0.3) is 0 Å². The Morgan fingerprint density at radius 2 is 2.12 bits per heavy atom. The smallest absolute Gasteiger partial charge is 0.325 e. The molecule has 0 bridgehead atoms. The highest BCUT2D eigenvalue weighted by Crippen LogP contribution is 2.41. The lowest BCUT2D eigenvalue weighted by Gasteiger charge is -2.25. The van der Waals surface area contributed by atoms with Crippen LogP contribution in [0.3, 0.4) is 0 Å². The third-order valence-corrected chi connectivity index (χ3v) is 5.39. The third kappa shape index (κ3) is 3.05. The molecule has 0 radical (unpaired) electrons. The van der Waals surface area contributed by atoms with E-state index in [2.05, 4.69) is 16.0 Å². The van der Waals surface area contributed by atoms with Crippen molar-refractivity contribution in [2.45, 2.75) is 37.3 Å². The fourth-order valence-corrected chi connectivity index (χ4v) is 4.13. The SMILES string of the molecule is Cl.O=C(CN1C(=O)NC2(CCc3ccccc32)C1=O)N[C@H]1CCCNC1. The number of nitrogens with one attached hydrogen (secondary N) is 3. The molecule has 2 aliphatic heterocycles. The Morgan fingerprint density at radius 1 is 1.31 bits per heavy atom. The van der Waals surface area contributed by atoms with Crippen molar-refractivity contribution in [2.75, 3.05) is 19.6 Å². The molecule has 1 aliphatic carbocycles. The summed E-state index contributed by atoms with van der Waals surface area (Å²) >= 11 is 0. The molecule has 2 saturated heterocycles. The minimum absolute atomic E-state index is 0. The van der Waals surface area contributed by atoms with E-state index in [1.807, 2.05) is 24.3 Å². The van der Waals surface area contributed by atoms with Crippen molar-refractivity contribution in [3.63, 3.8) is 0 Å². The number of aryl methyl sites for hydroxylation is 1. The molecule has 2 fully saturated rings. The molecule has 2 atom stereocenters. The summed E-state index contributed by atoms with van der Waals surface area (Å²) < 4.78 is 0. The number of piperidine rings is 1. The monoisotopic (exact) mass is 378 g/mol. The van der Waals surface area contributed by atoms with Gasteiger partial charge in [-0.2, -0.15) is 0 Å². The quantitative estimate of drug-likeness (QED) is 0.674. The maximum atomic E-state index is 13.0. The molecule has 140 valence electrons. The number of carbonyl (C=O) groups is 3. The minimum atomic E-state index is -1.000. The highest BCUT2D eigenvalue weighted by Gasteiger charge is 2.55. The number of nitrogens with zero attached hydrogens (tertiary/aromatic N) is 1. The first-order valence-corrected chi connectivity index (χ1v) is 8.83. The van der Waals surface area contributed by atoms with Gasteiger partial charge in [0.05, 0.1) is 0 Å². The van der Waals surface area contributed by atoms with Gasteiger partial charge in [-0.3, -0.25) is 14.5 Å². The first-order valence-electron chi connectivity index (χ1n) is 8.83. The number of hydrogen-bond acceptors (Lipinski definition) is 4. The van der Waals surface area contributed by atoms with E-state index in [1.165, 1.54) is 0 Å². The molecule has 3 N–H and O–H groups in total. The van der Waals surface area contributed by atoms with Gasteiger partial charge in [-0.05, 0) is 43.4 Å². The van der Waals surface area contributed by atoms with Gasteiger partial charge in [0.25, 0.3) is 5.91 Å². The van der Waals surface area contributed by atoms with E-state index in [0.717, 1.165) is 48.4 Å². The van der Waals surface area contributed by atoms with Crippen molar-refractivity contribution >= 4 is 30.3 Å². The maximum Gasteiger partial charge on any atom is 0.325 e. The van der Waals surface area contributed by atoms with Crippen molar-refractivity contribution in [3.8, 4) is 0 Å². The van der Waals surface area contributed by atoms with Gasteiger partial charge < -0.3 is 16.0 Å². The lowest BCUT2D eigenvalue weighted by molar-refractivity contribution is -0.135. The van der Waals surface area contributed by atoms with Gasteiger partial charge in [-0.25, -0.2) is 4.79 Å². The average molecular weight is 379 g/mol. The largest absolute Gasteiger partial charge is 0.351 e. The number of rotatable bonds is 3. The Labute approximate surface area is 158 Å². The summed E-state index contributed by atoms with van der Waals surface area (Å²) in [4.78, 5) is 38.7. The summed E-state index contributed by atoms with van der Waals surface area (Å²) in [6.07, 6.45) is 3.21. The van der Waals surface area contributed by atoms with Crippen LogP contribution in [0.15, 0.2) is 24.3 Å². The van der Waals surface area contributed by atoms with Gasteiger partial charge in [0, 0.05) is 12.6 Å². The Kier molecular flexibility index (Phi) is 5.20. The Bertz CT molecular complexity index is 735. The van der Waals surface area contributed by atoms with E-state index in [4.69, 9.17) is 0 Å². The van der Waals surface area contributed by atoms with Gasteiger partial charge in [0.15, 0.2) is 0 Å². The van der Waals surface area contributed by atoms with Crippen LogP contribution in [0.4, 0.5) is 4.79 Å². The summed E-state index contributed by atoms with van der Waals surface area (Å²) in [5.74, 6) is -0.611. The highest BCUT2D eigenvalue weighted by atomic mass is 35.5. The van der Waals surface area contributed by atoms with E-state index in [0.29, 0.717) is 6.42 Å². The molecule has 1 unspecified atom stereocenters. The molecule has 8 heteroatoms. The van der Waals surface area contributed by atoms with Crippen molar-refractivity contribution in [3.05, 3.63) is 35.4 Å². The molecule has 1 spiro atoms. The number of amides is 4. The number of hydrogen-bond donors (Lipinski definition) is 3. The fraction of sp³-hybridized carbons (Fsp3) is 0.500. The second-order valence-corrected chi connectivity index (χ2v) is 6.99. The Balaban J connectivity index is 0.00000196. The predicted octanol–water partition coefficient (Wildman–Crippen LogP) is 0.670. The van der Waals surface area contributed by atoms with E-state index in [9.17, 15) is 14.4 Å². The number of carbonyl (C=O) groups excluding carboxylic acids is 3.